The van der Waals surface area contributed by atoms with Crippen molar-refractivity contribution < 1.29 is 4.79 Å². The van der Waals surface area contributed by atoms with Crippen LogP contribution in [0.15, 0.2) is 5.10 Å². The summed E-state index contributed by atoms with van der Waals surface area (Å²) in [5.41, 5.74) is 5.26. The van der Waals surface area contributed by atoms with Crippen molar-refractivity contribution in [3.8, 4) is 0 Å². The number of carbonyl (C=O) groups is 1. The van der Waals surface area contributed by atoms with Gasteiger partial charge in [-0.1, -0.05) is 11.8 Å². The maximum absolute atomic E-state index is 11.0. The van der Waals surface area contributed by atoms with Crippen molar-refractivity contribution >= 4 is 22.8 Å². The zero-order valence-electron chi connectivity index (χ0n) is 7.20. The van der Waals surface area contributed by atoms with Crippen LogP contribution in [0.2, 0.25) is 0 Å². The van der Waals surface area contributed by atoms with Gasteiger partial charge < -0.3 is 16.9 Å². The number of hydrogen-bond donors (Lipinski definition) is 3. The Hall–Kier alpha value is -0.910. The molecule has 0 aromatic heterocycles. The first-order valence-electron chi connectivity index (χ1n) is 3.51. The quantitative estimate of drug-likeness (QED) is 0.240. The Morgan fingerprint density at radius 2 is 2.25 bits per heavy atom. The molecule has 0 heterocycles. The summed E-state index contributed by atoms with van der Waals surface area (Å²) in [6, 6.07) is 0.147. The van der Waals surface area contributed by atoms with E-state index in [1.165, 1.54) is 0 Å². The van der Waals surface area contributed by atoms with E-state index < -0.39 is 0 Å². The molecule has 5 N–H and O–H groups in total. The molecule has 0 bridgehead atoms. The molecule has 0 saturated carbocycles. The molecule has 0 fully saturated rings. The fourth-order valence-electron chi connectivity index (χ4n) is 0.540. The van der Waals surface area contributed by atoms with Gasteiger partial charge in [-0.25, -0.2) is 0 Å². The van der Waals surface area contributed by atoms with Crippen molar-refractivity contribution in [3.63, 3.8) is 0 Å². The highest BCUT2D eigenvalue weighted by Gasteiger charge is 2.03. The van der Waals surface area contributed by atoms with Crippen LogP contribution in [0.4, 0.5) is 0 Å². The molecule has 0 aliphatic rings. The minimum absolute atomic E-state index is 0.0680. The summed E-state index contributed by atoms with van der Waals surface area (Å²) in [4.78, 5) is 11.0. The lowest BCUT2D eigenvalue weighted by molar-refractivity contribution is -0.119. The summed E-state index contributed by atoms with van der Waals surface area (Å²) in [5, 5.41) is 6.14. The highest BCUT2D eigenvalue weighted by atomic mass is 32.2. The molecular weight excluding hydrogens is 176 g/mol. The maximum atomic E-state index is 11.0. The molecule has 0 aromatic rings. The van der Waals surface area contributed by atoms with E-state index in [0.29, 0.717) is 0 Å². The van der Waals surface area contributed by atoms with E-state index in [9.17, 15) is 4.79 Å². The predicted molar refractivity (Wildman–Crippen MR) is 51.5 cm³/mol. The van der Waals surface area contributed by atoms with Crippen molar-refractivity contribution in [3.05, 3.63) is 0 Å². The van der Waals surface area contributed by atoms with Crippen LogP contribution >= 0.6 is 11.8 Å². The average molecular weight is 190 g/mol. The molecule has 0 aromatic carbocycles. The lowest BCUT2D eigenvalue weighted by Gasteiger charge is -2.06. The zero-order valence-corrected chi connectivity index (χ0v) is 8.02. The molecule has 12 heavy (non-hydrogen) atoms. The summed E-state index contributed by atoms with van der Waals surface area (Å²) in [6.07, 6.45) is 0. The third-order valence-electron chi connectivity index (χ3n) is 0.928. The molecule has 5 nitrogen and oxygen atoms in total. The molecule has 0 saturated heterocycles. The summed E-state index contributed by atoms with van der Waals surface area (Å²) in [6.45, 7) is 3.78. The number of nitrogens with two attached hydrogens (primary N) is 2. The molecule has 0 spiro atoms. The normalized spacial score (nSPS) is 11.8. The Kier molecular flexibility index (Phi) is 5.27. The Bertz CT molecular complexity index is 180. The summed E-state index contributed by atoms with van der Waals surface area (Å²) in [7, 11) is 0. The number of amidine groups is 1. The van der Waals surface area contributed by atoms with Gasteiger partial charge >= 0.3 is 0 Å². The molecule has 70 valence electrons. The van der Waals surface area contributed by atoms with Crippen molar-refractivity contribution in [2.45, 2.75) is 19.9 Å². The van der Waals surface area contributed by atoms with E-state index >= 15 is 0 Å². The van der Waals surface area contributed by atoms with Crippen molar-refractivity contribution in [2.75, 3.05) is 5.75 Å². The Morgan fingerprint density at radius 3 is 2.67 bits per heavy atom. The van der Waals surface area contributed by atoms with Gasteiger partial charge in [0.05, 0.1) is 5.75 Å². The number of thioether (sulfide) groups is 1. The van der Waals surface area contributed by atoms with Crippen LogP contribution in [0.5, 0.6) is 0 Å². The molecule has 0 unspecified atom stereocenters. The SMILES string of the molecule is CC(C)NC(=O)CSC(N)=NN. The van der Waals surface area contributed by atoms with Crippen LogP contribution in [-0.4, -0.2) is 22.9 Å². The molecule has 6 heteroatoms. The van der Waals surface area contributed by atoms with Gasteiger partial charge in [-0.05, 0) is 13.8 Å². The van der Waals surface area contributed by atoms with E-state index in [0.717, 1.165) is 11.8 Å². The second-order valence-electron chi connectivity index (χ2n) is 2.48. The molecule has 0 radical (unpaired) electrons. The largest absolute Gasteiger partial charge is 0.377 e. The van der Waals surface area contributed by atoms with Gasteiger partial charge in [0, 0.05) is 6.04 Å². The van der Waals surface area contributed by atoms with Crippen LogP contribution < -0.4 is 16.9 Å². The van der Waals surface area contributed by atoms with Gasteiger partial charge in [-0.3, -0.25) is 4.79 Å². The maximum Gasteiger partial charge on any atom is 0.230 e. The van der Waals surface area contributed by atoms with E-state index in [2.05, 4.69) is 10.4 Å². The van der Waals surface area contributed by atoms with Crippen molar-refractivity contribution in [2.24, 2.45) is 16.7 Å². The fourth-order valence-corrected chi connectivity index (χ4v) is 0.977. The highest BCUT2D eigenvalue weighted by Crippen LogP contribution is 1.97. The molecule has 0 aliphatic carbocycles. The number of carbonyl (C=O) groups excluding carboxylic acids is 1. The summed E-state index contributed by atoms with van der Waals surface area (Å²) in [5.74, 6) is 5.06. The third-order valence-corrected chi connectivity index (χ3v) is 1.74. The first-order chi connectivity index (χ1) is 5.56. The first-order valence-corrected chi connectivity index (χ1v) is 4.50. The monoisotopic (exact) mass is 190 g/mol. The molecule has 1 amide bonds. The minimum atomic E-state index is -0.0680. The van der Waals surface area contributed by atoms with Crippen molar-refractivity contribution in [1.82, 2.24) is 5.32 Å². The van der Waals surface area contributed by atoms with Gasteiger partial charge in [-0.2, -0.15) is 5.10 Å². The minimum Gasteiger partial charge on any atom is -0.377 e. The summed E-state index contributed by atoms with van der Waals surface area (Å²) < 4.78 is 0. The molecule has 0 aliphatic heterocycles. The fraction of sp³-hybridized carbons (Fsp3) is 0.667. The smallest absolute Gasteiger partial charge is 0.230 e. The van der Waals surface area contributed by atoms with Crippen LogP contribution in [-0.2, 0) is 4.79 Å². The second-order valence-corrected chi connectivity index (χ2v) is 3.47. The van der Waals surface area contributed by atoms with E-state index in [1.807, 2.05) is 13.8 Å². The zero-order chi connectivity index (χ0) is 9.56. The third kappa shape index (κ3) is 5.84. The first kappa shape index (κ1) is 11.1. The molecule has 0 atom stereocenters. The van der Waals surface area contributed by atoms with Crippen LogP contribution in [0.3, 0.4) is 0 Å². The molecule has 0 rings (SSSR count). The van der Waals surface area contributed by atoms with Gasteiger partial charge in [0.15, 0.2) is 5.17 Å². The highest BCUT2D eigenvalue weighted by molar-refractivity contribution is 8.14. The lowest BCUT2D eigenvalue weighted by atomic mass is 10.4. The lowest BCUT2D eigenvalue weighted by Crippen LogP contribution is -2.32. The summed E-state index contributed by atoms with van der Waals surface area (Å²) >= 11 is 1.12. The van der Waals surface area contributed by atoms with Gasteiger partial charge in [0.25, 0.3) is 0 Å². The number of nitrogens with zero attached hydrogens (tertiary/aromatic N) is 1. The Morgan fingerprint density at radius 1 is 1.67 bits per heavy atom. The van der Waals surface area contributed by atoms with E-state index in [4.69, 9.17) is 11.6 Å². The standard InChI is InChI=1S/C6H14N4OS/c1-4(2)9-5(11)3-12-6(7)10-8/h4H,3,8H2,1-2H3,(H2,7,10)(H,9,11). The number of hydrazone groups is 1. The predicted octanol–water partition coefficient (Wildman–Crippen LogP) is -0.567. The number of rotatable bonds is 3. The second kappa shape index (κ2) is 5.70. The molecular formula is C6H14N4OS. The Balaban J connectivity index is 3.58. The van der Waals surface area contributed by atoms with E-state index in [1.54, 1.807) is 0 Å². The van der Waals surface area contributed by atoms with Gasteiger partial charge in [-0.15, -0.1) is 0 Å². The van der Waals surface area contributed by atoms with Crippen LogP contribution in [0.25, 0.3) is 0 Å². The van der Waals surface area contributed by atoms with Crippen molar-refractivity contribution in [1.29, 1.82) is 0 Å². The van der Waals surface area contributed by atoms with Crippen LogP contribution in [0.1, 0.15) is 13.8 Å². The average Bonchev–Trinajstić information content (AvgIpc) is 1.99. The van der Waals surface area contributed by atoms with Gasteiger partial charge in [0.2, 0.25) is 5.91 Å². The topological polar surface area (TPSA) is 93.5 Å². The Labute approximate surface area is 75.9 Å². The number of amides is 1. The van der Waals surface area contributed by atoms with E-state index in [-0.39, 0.29) is 22.9 Å². The number of nitrogens with one attached hydrogen (secondary N) is 1. The van der Waals surface area contributed by atoms with Gasteiger partial charge in [0.1, 0.15) is 0 Å². The van der Waals surface area contributed by atoms with Crippen LogP contribution in [0, 0.1) is 0 Å². The number of hydrogen-bond acceptors (Lipinski definition) is 4.